The molecule has 1 unspecified atom stereocenters. The normalized spacial score (nSPS) is 20.1. The zero-order valence-electron chi connectivity index (χ0n) is 9.25. The van der Waals surface area contributed by atoms with Crippen molar-refractivity contribution in [3.63, 3.8) is 0 Å². The first-order valence-electron chi connectivity index (χ1n) is 5.36. The van der Waals surface area contributed by atoms with E-state index in [0.29, 0.717) is 5.92 Å². The van der Waals surface area contributed by atoms with Crippen LogP contribution in [0.4, 0.5) is 0 Å². The summed E-state index contributed by atoms with van der Waals surface area (Å²) in [4.78, 5) is 8.48. The van der Waals surface area contributed by atoms with Crippen LogP contribution in [0.2, 0.25) is 0 Å². The van der Waals surface area contributed by atoms with Gasteiger partial charge in [0.2, 0.25) is 0 Å². The first-order chi connectivity index (χ1) is 6.86. The molecule has 0 aliphatic carbocycles. The summed E-state index contributed by atoms with van der Waals surface area (Å²) in [5.41, 5.74) is 1.19. The van der Waals surface area contributed by atoms with Gasteiger partial charge in [-0.15, -0.1) is 0 Å². The van der Waals surface area contributed by atoms with Crippen LogP contribution >= 0.6 is 0 Å². The highest BCUT2D eigenvalue weighted by Gasteiger charge is 2.17. The second kappa shape index (κ2) is 5.70. The molecule has 0 saturated carbocycles. The zero-order chi connectivity index (χ0) is 10.4. The van der Waals surface area contributed by atoms with Gasteiger partial charge in [0.05, 0.1) is 0 Å². The number of hydrogen-bond donors (Lipinski definition) is 1. The maximum Gasteiger partial charge on any atom is 0.125 e. The van der Waals surface area contributed by atoms with E-state index >= 15 is 0 Å². The lowest BCUT2D eigenvalue weighted by Gasteiger charge is -2.06. The number of aromatic nitrogens is 2. The first kappa shape index (κ1) is 11.1. The summed E-state index contributed by atoms with van der Waals surface area (Å²) in [5, 5.41) is 3.33. The molecule has 78 valence electrons. The molecule has 1 aliphatic rings. The molecule has 1 aliphatic heterocycles. The van der Waals surface area contributed by atoms with E-state index in [4.69, 9.17) is 0 Å². The van der Waals surface area contributed by atoms with E-state index in [9.17, 15) is 0 Å². The molecule has 2 heterocycles. The predicted octanol–water partition coefficient (Wildman–Crippen LogP) is 1.89. The number of hydrogen-bond acceptors (Lipinski definition) is 3. The van der Waals surface area contributed by atoms with E-state index in [1.165, 1.54) is 12.1 Å². The van der Waals surface area contributed by atoms with E-state index in [-0.39, 0.29) is 0 Å². The average molecular weight is 193 g/mol. The highest BCUT2D eigenvalue weighted by atomic mass is 14.9. The fraction of sp³-hybridized carbons (Fsp3) is 0.636. The molecule has 2 rings (SSSR count). The zero-order valence-corrected chi connectivity index (χ0v) is 9.25. The molecule has 0 bridgehead atoms. The third-order valence-corrected chi connectivity index (χ3v) is 2.28. The Bertz CT molecular complexity index is 267. The number of nitrogens with zero attached hydrogens (tertiary/aromatic N) is 2. The third kappa shape index (κ3) is 2.77. The van der Waals surface area contributed by atoms with Crippen LogP contribution in [0, 0.1) is 6.92 Å². The van der Waals surface area contributed by atoms with Crippen molar-refractivity contribution >= 4 is 0 Å². The highest BCUT2D eigenvalue weighted by molar-refractivity contribution is 5.10. The molecule has 1 N–H and O–H groups in total. The maximum atomic E-state index is 4.40. The molecule has 3 nitrogen and oxygen atoms in total. The van der Waals surface area contributed by atoms with Crippen LogP contribution in [-0.2, 0) is 0 Å². The standard InChI is InChI=1S/C9H13N3.C2H6/c1-7-11-5-3-9(12-7)8-2-4-10-6-8;1-2/h3,5,8,10H,2,4,6H2,1H3;1-2H3. The van der Waals surface area contributed by atoms with Gasteiger partial charge in [0.1, 0.15) is 5.82 Å². The Morgan fingerprint density at radius 3 is 2.79 bits per heavy atom. The highest BCUT2D eigenvalue weighted by Crippen LogP contribution is 2.19. The summed E-state index contributed by atoms with van der Waals surface area (Å²) >= 11 is 0. The van der Waals surface area contributed by atoms with E-state index in [0.717, 1.165) is 18.9 Å². The summed E-state index contributed by atoms with van der Waals surface area (Å²) in [6.07, 6.45) is 3.05. The summed E-state index contributed by atoms with van der Waals surface area (Å²) < 4.78 is 0. The first-order valence-corrected chi connectivity index (χ1v) is 5.36. The second-order valence-corrected chi connectivity index (χ2v) is 3.22. The van der Waals surface area contributed by atoms with Crippen LogP contribution in [0.5, 0.6) is 0 Å². The number of nitrogens with one attached hydrogen (secondary N) is 1. The SMILES string of the molecule is CC.Cc1nccc(C2CCNC2)n1. The minimum atomic E-state index is 0.603. The van der Waals surface area contributed by atoms with E-state index < -0.39 is 0 Å². The van der Waals surface area contributed by atoms with Gasteiger partial charge in [0, 0.05) is 24.4 Å². The molecule has 14 heavy (non-hydrogen) atoms. The Morgan fingerprint density at radius 1 is 1.43 bits per heavy atom. The smallest absolute Gasteiger partial charge is 0.125 e. The molecule has 1 fully saturated rings. The predicted molar refractivity (Wildman–Crippen MR) is 58.3 cm³/mol. The van der Waals surface area contributed by atoms with Crippen molar-refractivity contribution in [2.45, 2.75) is 33.1 Å². The molecule has 3 heteroatoms. The average Bonchev–Trinajstić information content (AvgIpc) is 2.74. The molecule has 1 atom stereocenters. The van der Waals surface area contributed by atoms with Gasteiger partial charge in [0.25, 0.3) is 0 Å². The van der Waals surface area contributed by atoms with Crippen molar-refractivity contribution in [1.29, 1.82) is 0 Å². The summed E-state index contributed by atoms with van der Waals surface area (Å²) in [7, 11) is 0. The monoisotopic (exact) mass is 193 g/mol. The van der Waals surface area contributed by atoms with Crippen LogP contribution in [-0.4, -0.2) is 23.1 Å². The third-order valence-electron chi connectivity index (χ3n) is 2.28. The van der Waals surface area contributed by atoms with E-state index in [1.54, 1.807) is 0 Å². The minimum Gasteiger partial charge on any atom is -0.316 e. The maximum absolute atomic E-state index is 4.40. The Labute approximate surface area is 86.0 Å². The van der Waals surface area contributed by atoms with Gasteiger partial charge >= 0.3 is 0 Å². The molecule has 0 spiro atoms. The fourth-order valence-corrected chi connectivity index (χ4v) is 1.61. The number of rotatable bonds is 1. The van der Waals surface area contributed by atoms with E-state index in [1.807, 2.05) is 33.0 Å². The molecule has 0 aromatic carbocycles. The van der Waals surface area contributed by atoms with Crippen molar-refractivity contribution < 1.29 is 0 Å². The Kier molecular flexibility index (Phi) is 4.53. The van der Waals surface area contributed by atoms with Gasteiger partial charge < -0.3 is 5.32 Å². The van der Waals surface area contributed by atoms with Crippen molar-refractivity contribution in [1.82, 2.24) is 15.3 Å². The van der Waals surface area contributed by atoms with Crippen LogP contribution in [0.3, 0.4) is 0 Å². The van der Waals surface area contributed by atoms with Crippen molar-refractivity contribution in [3.05, 3.63) is 23.8 Å². The molecule has 1 saturated heterocycles. The van der Waals surface area contributed by atoms with Gasteiger partial charge in [0.15, 0.2) is 0 Å². The lowest BCUT2D eigenvalue weighted by Crippen LogP contribution is -2.09. The summed E-state index contributed by atoms with van der Waals surface area (Å²) in [5.74, 6) is 1.48. The summed E-state index contributed by atoms with van der Waals surface area (Å²) in [6, 6.07) is 2.02. The Balaban J connectivity index is 0.000000461. The van der Waals surface area contributed by atoms with Gasteiger partial charge in [-0.1, -0.05) is 13.8 Å². The van der Waals surface area contributed by atoms with Gasteiger partial charge in [-0.2, -0.15) is 0 Å². The minimum absolute atomic E-state index is 0.603. The van der Waals surface area contributed by atoms with Gasteiger partial charge in [-0.3, -0.25) is 0 Å². The lowest BCUT2D eigenvalue weighted by atomic mass is 10.1. The van der Waals surface area contributed by atoms with Crippen molar-refractivity contribution in [3.8, 4) is 0 Å². The van der Waals surface area contributed by atoms with Crippen LogP contribution in [0.1, 0.15) is 37.7 Å². The summed E-state index contributed by atoms with van der Waals surface area (Å²) in [6.45, 7) is 8.12. The van der Waals surface area contributed by atoms with Crippen LogP contribution in [0.15, 0.2) is 12.3 Å². The molecular formula is C11H19N3. The molecular weight excluding hydrogens is 174 g/mol. The topological polar surface area (TPSA) is 37.8 Å². The van der Waals surface area contributed by atoms with Crippen molar-refractivity contribution in [2.75, 3.05) is 13.1 Å². The molecule has 1 aromatic rings. The van der Waals surface area contributed by atoms with Crippen LogP contribution < -0.4 is 5.32 Å². The fourth-order valence-electron chi connectivity index (χ4n) is 1.61. The molecule has 1 aromatic heterocycles. The largest absolute Gasteiger partial charge is 0.316 e. The number of aryl methyl sites for hydroxylation is 1. The second-order valence-electron chi connectivity index (χ2n) is 3.22. The quantitative estimate of drug-likeness (QED) is 0.740. The molecule has 0 radical (unpaired) electrons. The lowest BCUT2D eigenvalue weighted by molar-refractivity contribution is 0.724. The van der Waals surface area contributed by atoms with E-state index in [2.05, 4.69) is 15.3 Å². The van der Waals surface area contributed by atoms with Gasteiger partial charge in [-0.25, -0.2) is 9.97 Å². The Morgan fingerprint density at radius 2 is 2.21 bits per heavy atom. The Hall–Kier alpha value is -0.960. The molecule has 0 amide bonds. The van der Waals surface area contributed by atoms with Crippen LogP contribution in [0.25, 0.3) is 0 Å². The van der Waals surface area contributed by atoms with Gasteiger partial charge in [-0.05, 0) is 26.0 Å². The van der Waals surface area contributed by atoms with Crippen molar-refractivity contribution in [2.24, 2.45) is 0 Å².